The third kappa shape index (κ3) is 10.5. The van der Waals surface area contributed by atoms with E-state index in [1.807, 2.05) is 91.0 Å². The van der Waals surface area contributed by atoms with E-state index in [9.17, 15) is 29.1 Å². The number of nitrogens with two attached hydrogens (primary N) is 1. The molecule has 53 heavy (non-hydrogen) atoms. The summed E-state index contributed by atoms with van der Waals surface area (Å²) in [5, 5.41) is 9.81. The second-order valence-corrected chi connectivity index (χ2v) is 13.4. The zero-order valence-corrected chi connectivity index (χ0v) is 31.0. The lowest BCUT2D eigenvalue weighted by Gasteiger charge is -2.39. The molecule has 0 unspecified atom stereocenters. The second-order valence-electron chi connectivity index (χ2n) is 13.4. The predicted octanol–water partition coefficient (Wildman–Crippen LogP) is 3.48. The average Bonchev–Trinajstić information content (AvgIpc) is 3.17. The minimum Gasteiger partial charge on any atom is -0.508 e. The summed E-state index contributed by atoms with van der Waals surface area (Å²) in [6.07, 6.45) is 0.586. The van der Waals surface area contributed by atoms with Crippen LogP contribution in [0, 0.1) is 0 Å². The quantitative estimate of drug-likeness (QED) is 0.182. The first kappa shape index (κ1) is 39.8. The molecule has 4 aromatic rings. The van der Waals surface area contributed by atoms with Crippen LogP contribution in [0.5, 0.6) is 5.75 Å². The number of amides is 5. The summed E-state index contributed by atoms with van der Waals surface area (Å²) in [7, 11) is 6.11. The maximum Gasteiger partial charge on any atom is 0.246 e. The lowest BCUT2D eigenvalue weighted by Crippen LogP contribution is -2.60. The number of carbonyl (C=O) groups is 5. The van der Waals surface area contributed by atoms with Crippen molar-refractivity contribution in [3.63, 3.8) is 0 Å². The van der Waals surface area contributed by atoms with Gasteiger partial charge >= 0.3 is 0 Å². The van der Waals surface area contributed by atoms with Crippen LogP contribution in [-0.4, -0.2) is 107 Å². The van der Waals surface area contributed by atoms with Crippen LogP contribution in [0.1, 0.15) is 29.2 Å². The third-order valence-corrected chi connectivity index (χ3v) is 9.77. The number of nitrogens with zero attached hydrogens (tertiary/aromatic N) is 4. The van der Waals surface area contributed by atoms with Crippen molar-refractivity contribution in [2.24, 2.45) is 5.73 Å². The Hall–Kier alpha value is -5.97. The molecule has 0 aliphatic carbocycles. The zero-order valence-electron chi connectivity index (χ0n) is 31.0. The van der Waals surface area contributed by atoms with E-state index in [0.717, 1.165) is 16.7 Å². The fourth-order valence-corrected chi connectivity index (χ4v) is 6.35. The third-order valence-electron chi connectivity index (χ3n) is 9.77. The minimum atomic E-state index is -1.08. The van der Waals surface area contributed by atoms with Gasteiger partial charge in [0, 0.05) is 60.8 Å². The van der Waals surface area contributed by atoms with Crippen molar-refractivity contribution >= 4 is 29.5 Å². The fourth-order valence-electron chi connectivity index (χ4n) is 6.35. The highest BCUT2D eigenvalue weighted by molar-refractivity contribution is 5.95. The van der Waals surface area contributed by atoms with Crippen LogP contribution in [0.4, 0.5) is 0 Å². The van der Waals surface area contributed by atoms with Crippen LogP contribution in [0.25, 0.3) is 0 Å². The van der Waals surface area contributed by atoms with Crippen molar-refractivity contribution in [3.8, 4) is 5.75 Å². The van der Waals surface area contributed by atoms with E-state index >= 15 is 0 Å². The number of benzene rings is 4. The normalized spacial score (nSPS) is 13.2. The molecule has 4 aromatic carbocycles. The number of primary amides is 1. The lowest BCUT2D eigenvalue weighted by atomic mass is 9.97. The topological polar surface area (TPSA) is 145 Å². The molecular formula is C42H49N5O6. The summed E-state index contributed by atoms with van der Waals surface area (Å²) in [6.45, 7) is 1.37. The standard InChI is InChI=1S/C42H49N5O6/c1-29(48)44(2)36(28-33-21-23-34(49)24-22-33)40(51)46(4)38(27-32-19-13-8-14-20-32)42(53)47(5)37(26-31-17-11-7-12-18-31)41(52)45(3)35(39(43)50)25-30-15-9-6-10-16-30/h6-24,35-38,49H,25-28H2,1-5H3,(H2,43,50)/t35-,36-,37-,38-/m0/s1. The Labute approximate surface area is 311 Å². The summed E-state index contributed by atoms with van der Waals surface area (Å²) < 4.78 is 0. The summed E-state index contributed by atoms with van der Waals surface area (Å²) in [6, 6.07) is 30.0. The Morgan fingerprint density at radius 1 is 0.472 bits per heavy atom. The molecule has 11 nitrogen and oxygen atoms in total. The van der Waals surface area contributed by atoms with Crippen molar-refractivity contribution < 1.29 is 29.1 Å². The molecule has 0 saturated heterocycles. The molecule has 0 fully saturated rings. The highest BCUT2D eigenvalue weighted by Crippen LogP contribution is 2.21. The number of hydrogen-bond acceptors (Lipinski definition) is 6. The Bertz CT molecular complexity index is 1840. The van der Waals surface area contributed by atoms with Crippen LogP contribution in [0.15, 0.2) is 115 Å². The number of carbonyl (C=O) groups excluding carboxylic acids is 5. The number of phenolic OH excluding ortho intramolecular Hbond substituents is 1. The first-order valence-electron chi connectivity index (χ1n) is 17.5. The van der Waals surface area contributed by atoms with Gasteiger partial charge in [-0.3, -0.25) is 24.0 Å². The average molecular weight is 720 g/mol. The minimum absolute atomic E-state index is 0.0673. The smallest absolute Gasteiger partial charge is 0.246 e. The van der Waals surface area contributed by atoms with Gasteiger partial charge in [0.15, 0.2) is 0 Å². The van der Waals surface area contributed by atoms with Crippen LogP contribution in [0.3, 0.4) is 0 Å². The van der Waals surface area contributed by atoms with Crippen molar-refractivity contribution in [1.82, 2.24) is 19.6 Å². The van der Waals surface area contributed by atoms with Crippen LogP contribution in [-0.2, 0) is 49.7 Å². The van der Waals surface area contributed by atoms with E-state index in [1.165, 1.54) is 66.8 Å². The molecule has 4 rings (SSSR count). The van der Waals surface area contributed by atoms with E-state index < -0.39 is 47.8 Å². The Morgan fingerprint density at radius 3 is 1.08 bits per heavy atom. The molecule has 0 aromatic heterocycles. The summed E-state index contributed by atoms with van der Waals surface area (Å²) >= 11 is 0. The Balaban J connectivity index is 1.72. The van der Waals surface area contributed by atoms with Gasteiger partial charge in [-0.1, -0.05) is 103 Å². The Kier molecular flexibility index (Phi) is 13.9. The summed E-state index contributed by atoms with van der Waals surface area (Å²) in [5.74, 6) is -2.41. The van der Waals surface area contributed by atoms with E-state index in [-0.39, 0.29) is 37.3 Å². The van der Waals surface area contributed by atoms with E-state index in [1.54, 1.807) is 12.1 Å². The van der Waals surface area contributed by atoms with E-state index in [0.29, 0.717) is 5.56 Å². The van der Waals surface area contributed by atoms with Gasteiger partial charge < -0.3 is 30.4 Å². The fraction of sp³-hybridized carbons (Fsp3) is 0.310. The van der Waals surface area contributed by atoms with Crippen molar-refractivity contribution in [2.75, 3.05) is 28.2 Å². The molecule has 0 aliphatic heterocycles. The number of likely N-dealkylation sites (N-methyl/N-ethyl adjacent to an activating group) is 4. The van der Waals surface area contributed by atoms with Gasteiger partial charge in [0.1, 0.15) is 29.9 Å². The SMILES string of the molecule is CC(=O)N(C)[C@@H](Cc1ccc(O)cc1)C(=O)N(C)[C@@H](Cc1ccccc1)C(=O)N(C)[C@@H](Cc1ccccc1)C(=O)N(C)[C@@H](Cc1ccccc1)C(N)=O. The maximum atomic E-state index is 14.8. The monoisotopic (exact) mass is 719 g/mol. The van der Waals surface area contributed by atoms with E-state index in [2.05, 4.69) is 0 Å². The van der Waals surface area contributed by atoms with Crippen LogP contribution >= 0.6 is 0 Å². The zero-order chi connectivity index (χ0) is 38.7. The molecular weight excluding hydrogens is 670 g/mol. The lowest BCUT2D eigenvalue weighted by molar-refractivity contribution is -0.153. The van der Waals surface area contributed by atoms with Gasteiger partial charge in [-0.05, 0) is 34.4 Å². The molecule has 0 aliphatic rings. The van der Waals surface area contributed by atoms with Crippen molar-refractivity contribution in [1.29, 1.82) is 0 Å². The molecule has 278 valence electrons. The number of phenols is 1. The first-order chi connectivity index (χ1) is 25.3. The molecule has 3 N–H and O–H groups in total. The van der Waals surface area contributed by atoms with Crippen molar-refractivity contribution in [3.05, 3.63) is 138 Å². The highest BCUT2D eigenvalue weighted by atomic mass is 16.3. The largest absolute Gasteiger partial charge is 0.508 e. The Morgan fingerprint density at radius 2 is 0.755 bits per heavy atom. The first-order valence-corrected chi connectivity index (χ1v) is 17.5. The molecule has 11 heteroatoms. The molecule has 5 amide bonds. The van der Waals surface area contributed by atoms with Gasteiger partial charge in [0.05, 0.1) is 0 Å². The van der Waals surface area contributed by atoms with Gasteiger partial charge in [0.25, 0.3) is 0 Å². The van der Waals surface area contributed by atoms with Gasteiger partial charge in [-0.2, -0.15) is 0 Å². The number of rotatable bonds is 16. The summed E-state index contributed by atoms with van der Waals surface area (Å²) in [5.41, 5.74) is 8.96. The molecule has 0 saturated carbocycles. The highest BCUT2D eigenvalue weighted by Gasteiger charge is 2.40. The maximum absolute atomic E-state index is 14.8. The molecule has 0 heterocycles. The van der Waals surface area contributed by atoms with Crippen LogP contribution < -0.4 is 5.73 Å². The van der Waals surface area contributed by atoms with Crippen LogP contribution in [0.2, 0.25) is 0 Å². The van der Waals surface area contributed by atoms with E-state index in [4.69, 9.17) is 5.73 Å². The molecule has 4 atom stereocenters. The predicted molar refractivity (Wildman–Crippen MR) is 203 cm³/mol. The molecule has 0 bridgehead atoms. The number of hydrogen-bond donors (Lipinski definition) is 2. The second kappa shape index (κ2) is 18.5. The van der Waals surface area contributed by atoms with Gasteiger partial charge in [-0.25, -0.2) is 0 Å². The van der Waals surface area contributed by atoms with Gasteiger partial charge in [-0.15, -0.1) is 0 Å². The number of aromatic hydroxyl groups is 1. The van der Waals surface area contributed by atoms with Gasteiger partial charge in [0.2, 0.25) is 29.5 Å². The molecule has 0 spiro atoms. The summed E-state index contributed by atoms with van der Waals surface area (Å²) in [4.78, 5) is 74.6. The molecule has 0 radical (unpaired) electrons. The van der Waals surface area contributed by atoms with Crippen molar-refractivity contribution in [2.45, 2.75) is 56.8 Å².